The van der Waals surface area contributed by atoms with Gasteiger partial charge < -0.3 is 9.30 Å². The van der Waals surface area contributed by atoms with Gasteiger partial charge in [-0.1, -0.05) is 36.8 Å². The number of carbonyl (C=O) groups excluding carboxylic acids is 1. The molecule has 120 valence electrons. The van der Waals surface area contributed by atoms with Crippen molar-refractivity contribution in [2.75, 3.05) is 13.2 Å². The second kappa shape index (κ2) is 7.40. The highest BCUT2D eigenvalue weighted by Crippen LogP contribution is 2.27. The molecule has 1 aromatic heterocycles. The van der Waals surface area contributed by atoms with E-state index in [0.717, 1.165) is 20.8 Å². The minimum absolute atomic E-state index is 0.111. The van der Waals surface area contributed by atoms with Crippen molar-refractivity contribution in [3.8, 4) is 0 Å². The van der Waals surface area contributed by atoms with Crippen molar-refractivity contribution in [2.45, 2.75) is 34.2 Å². The highest BCUT2D eigenvalue weighted by Gasteiger charge is 2.13. The number of benzene rings is 1. The average molecular weight is 341 g/mol. The molecule has 0 atom stereocenters. The van der Waals surface area contributed by atoms with Gasteiger partial charge in [0.2, 0.25) is 0 Å². The number of ether oxygens (including phenoxy) is 1. The molecule has 4 nitrogen and oxygen atoms in total. The maximum atomic E-state index is 12.0. The lowest BCUT2D eigenvalue weighted by atomic mass is 10.2. The summed E-state index contributed by atoms with van der Waals surface area (Å²) < 4.78 is 8.57. The number of halogens is 1. The first-order valence-corrected chi connectivity index (χ1v) is 8.59. The van der Waals surface area contributed by atoms with E-state index in [1.807, 2.05) is 44.4 Å². The fourth-order valence-electron chi connectivity index (χ4n) is 2.13. The molecule has 0 N–H and O–H groups in total. The monoisotopic (exact) mass is 340 g/mol. The lowest BCUT2D eigenvalue weighted by molar-refractivity contribution is -0.120. The van der Waals surface area contributed by atoms with E-state index in [4.69, 9.17) is 16.3 Å². The van der Waals surface area contributed by atoms with Gasteiger partial charge in [-0.2, -0.15) is 4.99 Å². The van der Waals surface area contributed by atoms with Crippen molar-refractivity contribution in [1.29, 1.82) is 0 Å². The summed E-state index contributed by atoms with van der Waals surface area (Å²) in [6.45, 7) is 9.56. The van der Waals surface area contributed by atoms with Crippen molar-refractivity contribution in [2.24, 2.45) is 10.9 Å². The summed E-state index contributed by atoms with van der Waals surface area (Å²) in [6.07, 6.45) is 0. The fraction of sp³-hybridized carbons (Fsp3) is 0.500. The first-order chi connectivity index (χ1) is 10.5. The Bertz CT molecular complexity index is 746. The third kappa shape index (κ3) is 3.59. The van der Waals surface area contributed by atoms with Gasteiger partial charge in [-0.05, 0) is 31.5 Å². The molecule has 0 aliphatic carbocycles. The summed E-state index contributed by atoms with van der Waals surface area (Å²) in [5.41, 5.74) is 2.04. The second-order valence-corrected chi connectivity index (χ2v) is 6.77. The van der Waals surface area contributed by atoms with Crippen LogP contribution in [0.3, 0.4) is 0 Å². The molecule has 1 amide bonds. The van der Waals surface area contributed by atoms with Crippen LogP contribution in [0.25, 0.3) is 10.2 Å². The highest BCUT2D eigenvalue weighted by atomic mass is 35.5. The zero-order chi connectivity index (χ0) is 16.3. The standard InChI is InChI=1S/C16H21ClN2O2S/c1-5-21-9-8-19-14-11(4)12(17)6-7-13(14)22-16(19)18-15(20)10(2)3/h6-7,10H,5,8-9H2,1-4H3. The number of aryl methyl sites for hydroxylation is 1. The van der Waals surface area contributed by atoms with Gasteiger partial charge in [0.05, 0.1) is 16.8 Å². The quantitative estimate of drug-likeness (QED) is 0.777. The van der Waals surface area contributed by atoms with Crippen molar-refractivity contribution in [3.63, 3.8) is 0 Å². The Morgan fingerprint density at radius 1 is 1.45 bits per heavy atom. The summed E-state index contributed by atoms with van der Waals surface area (Å²) >= 11 is 7.76. The molecule has 1 heterocycles. The van der Waals surface area contributed by atoms with Crippen LogP contribution in [-0.4, -0.2) is 23.7 Å². The predicted molar refractivity (Wildman–Crippen MR) is 91.5 cm³/mol. The van der Waals surface area contributed by atoms with Crippen LogP contribution in [0.5, 0.6) is 0 Å². The zero-order valence-corrected chi connectivity index (χ0v) is 14.9. The van der Waals surface area contributed by atoms with Gasteiger partial charge in [0, 0.05) is 24.1 Å². The number of hydrogen-bond donors (Lipinski definition) is 0. The van der Waals surface area contributed by atoms with Crippen LogP contribution >= 0.6 is 22.9 Å². The number of rotatable bonds is 5. The first-order valence-electron chi connectivity index (χ1n) is 7.40. The van der Waals surface area contributed by atoms with Gasteiger partial charge in [-0.25, -0.2) is 0 Å². The van der Waals surface area contributed by atoms with Crippen LogP contribution in [0.2, 0.25) is 5.02 Å². The van der Waals surface area contributed by atoms with E-state index in [1.165, 1.54) is 11.3 Å². The number of amides is 1. The molecular weight excluding hydrogens is 320 g/mol. The third-order valence-corrected chi connectivity index (χ3v) is 4.85. The van der Waals surface area contributed by atoms with E-state index >= 15 is 0 Å². The van der Waals surface area contributed by atoms with Crippen molar-refractivity contribution < 1.29 is 9.53 Å². The summed E-state index contributed by atoms with van der Waals surface area (Å²) in [6, 6.07) is 3.86. The molecule has 2 aromatic rings. The van der Waals surface area contributed by atoms with Gasteiger partial charge in [-0.15, -0.1) is 0 Å². The number of hydrogen-bond acceptors (Lipinski definition) is 3. The van der Waals surface area contributed by atoms with Gasteiger partial charge in [0.25, 0.3) is 5.91 Å². The minimum Gasteiger partial charge on any atom is -0.380 e. The van der Waals surface area contributed by atoms with Crippen molar-refractivity contribution in [1.82, 2.24) is 4.57 Å². The Labute approximate surface area is 139 Å². The number of carbonyl (C=O) groups is 1. The molecule has 0 aliphatic heterocycles. The van der Waals surface area contributed by atoms with Crippen molar-refractivity contribution in [3.05, 3.63) is 27.5 Å². The normalized spacial score (nSPS) is 12.5. The predicted octanol–water partition coefficient (Wildman–Crippen LogP) is 3.78. The van der Waals surface area contributed by atoms with Crippen LogP contribution in [0.15, 0.2) is 17.1 Å². The highest BCUT2D eigenvalue weighted by molar-refractivity contribution is 7.16. The average Bonchev–Trinajstić information content (AvgIpc) is 2.81. The minimum atomic E-state index is -0.116. The Kier molecular flexibility index (Phi) is 5.78. The molecule has 0 spiro atoms. The largest absolute Gasteiger partial charge is 0.380 e. The number of thiazole rings is 1. The molecule has 0 saturated carbocycles. The number of aromatic nitrogens is 1. The van der Waals surface area contributed by atoms with Gasteiger partial charge in [0.15, 0.2) is 4.80 Å². The Morgan fingerprint density at radius 2 is 2.18 bits per heavy atom. The van der Waals surface area contributed by atoms with E-state index in [2.05, 4.69) is 4.99 Å². The Balaban J connectivity index is 2.62. The van der Waals surface area contributed by atoms with Crippen LogP contribution in [0.1, 0.15) is 26.3 Å². The molecule has 22 heavy (non-hydrogen) atoms. The molecule has 0 bridgehead atoms. The summed E-state index contributed by atoms with van der Waals surface area (Å²) in [4.78, 5) is 17.0. The summed E-state index contributed by atoms with van der Waals surface area (Å²) in [5.74, 6) is -0.226. The van der Waals surface area contributed by atoms with E-state index in [-0.39, 0.29) is 11.8 Å². The SMILES string of the molecule is CCOCCn1c(=NC(=O)C(C)C)sc2ccc(Cl)c(C)c21. The van der Waals surface area contributed by atoms with Gasteiger partial charge in [0.1, 0.15) is 0 Å². The molecular formula is C16H21ClN2O2S. The molecule has 1 aromatic carbocycles. The van der Waals surface area contributed by atoms with E-state index in [1.54, 1.807) is 0 Å². The Morgan fingerprint density at radius 3 is 2.82 bits per heavy atom. The molecule has 0 fully saturated rings. The molecule has 0 unspecified atom stereocenters. The van der Waals surface area contributed by atoms with Crippen LogP contribution in [-0.2, 0) is 16.1 Å². The topological polar surface area (TPSA) is 43.6 Å². The lowest BCUT2D eigenvalue weighted by Crippen LogP contribution is -2.21. The summed E-state index contributed by atoms with van der Waals surface area (Å²) in [7, 11) is 0. The second-order valence-electron chi connectivity index (χ2n) is 5.36. The zero-order valence-electron chi connectivity index (χ0n) is 13.4. The molecule has 2 rings (SSSR count). The maximum Gasteiger partial charge on any atom is 0.250 e. The Hall–Kier alpha value is -1.17. The van der Waals surface area contributed by atoms with Crippen LogP contribution in [0.4, 0.5) is 0 Å². The van der Waals surface area contributed by atoms with Crippen LogP contribution < -0.4 is 4.80 Å². The molecule has 0 saturated heterocycles. The fourth-order valence-corrected chi connectivity index (χ4v) is 3.41. The smallest absolute Gasteiger partial charge is 0.250 e. The first kappa shape index (κ1) is 17.2. The molecule has 0 aliphatic rings. The van der Waals surface area contributed by atoms with Crippen molar-refractivity contribution >= 4 is 39.1 Å². The van der Waals surface area contributed by atoms with Gasteiger partial charge >= 0.3 is 0 Å². The summed E-state index contributed by atoms with van der Waals surface area (Å²) in [5, 5.41) is 0.720. The third-order valence-electron chi connectivity index (χ3n) is 3.39. The van der Waals surface area contributed by atoms with E-state index in [9.17, 15) is 4.79 Å². The number of nitrogens with zero attached hydrogens (tertiary/aromatic N) is 2. The van der Waals surface area contributed by atoms with Gasteiger partial charge in [-0.3, -0.25) is 4.79 Å². The number of fused-ring (bicyclic) bond motifs is 1. The molecule has 6 heteroatoms. The lowest BCUT2D eigenvalue weighted by Gasteiger charge is -2.08. The van der Waals surface area contributed by atoms with E-state index < -0.39 is 0 Å². The van der Waals surface area contributed by atoms with E-state index in [0.29, 0.717) is 24.6 Å². The van der Waals surface area contributed by atoms with Crippen LogP contribution in [0, 0.1) is 12.8 Å². The maximum absolute atomic E-state index is 12.0. The molecule has 0 radical (unpaired) electrons.